The molecular weight excluding hydrogens is 314 g/mol. The number of rotatable bonds is 5. The molecule has 132 valence electrons. The van der Waals surface area contributed by atoms with Crippen molar-refractivity contribution in [3.05, 3.63) is 36.4 Å². The van der Waals surface area contributed by atoms with Gasteiger partial charge in [-0.3, -0.25) is 4.79 Å². The molecule has 2 heterocycles. The Kier molecular flexibility index (Phi) is 5.48. The average molecular weight is 339 g/mol. The largest absolute Gasteiger partial charge is 0.354 e. The van der Waals surface area contributed by atoms with Gasteiger partial charge in [0.2, 0.25) is 11.9 Å². The molecule has 1 aromatic heterocycles. The van der Waals surface area contributed by atoms with Crippen molar-refractivity contribution >= 4 is 17.7 Å². The molecule has 2 aromatic rings. The van der Waals surface area contributed by atoms with E-state index in [9.17, 15) is 4.79 Å². The zero-order valence-corrected chi connectivity index (χ0v) is 14.9. The molecule has 0 radical (unpaired) electrons. The van der Waals surface area contributed by atoms with Gasteiger partial charge in [0, 0.05) is 51.3 Å². The van der Waals surface area contributed by atoms with E-state index in [1.54, 1.807) is 6.92 Å². The summed E-state index contributed by atoms with van der Waals surface area (Å²) < 4.78 is 0. The molecule has 0 saturated carbocycles. The molecule has 1 saturated heterocycles. The fourth-order valence-corrected chi connectivity index (χ4v) is 2.92. The molecule has 0 bridgehead atoms. The number of carbonyl (C=O) groups excluding carboxylic acids is 1. The lowest BCUT2D eigenvalue weighted by Gasteiger charge is -2.35. The predicted molar refractivity (Wildman–Crippen MR) is 101 cm³/mol. The van der Waals surface area contributed by atoms with Gasteiger partial charge in [0.05, 0.1) is 5.69 Å². The van der Waals surface area contributed by atoms with Crippen LogP contribution < -0.4 is 10.2 Å². The van der Waals surface area contributed by atoms with Gasteiger partial charge in [-0.15, -0.1) is 0 Å². The number of aromatic nitrogens is 2. The van der Waals surface area contributed by atoms with E-state index in [-0.39, 0.29) is 5.91 Å². The van der Waals surface area contributed by atoms with E-state index in [1.165, 1.54) is 0 Å². The fourth-order valence-electron chi connectivity index (χ4n) is 2.92. The van der Waals surface area contributed by atoms with E-state index < -0.39 is 0 Å². The Hall–Kier alpha value is -2.63. The van der Waals surface area contributed by atoms with Crippen molar-refractivity contribution in [1.82, 2.24) is 14.9 Å². The molecule has 1 fully saturated rings. The first-order valence-corrected chi connectivity index (χ1v) is 8.86. The van der Waals surface area contributed by atoms with Crippen LogP contribution in [-0.2, 0) is 4.79 Å². The van der Waals surface area contributed by atoms with Crippen molar-refractivity contribution in [2.45, 2.75) is 20.3 Å². The van der Waals surface area contributed by atoms with Crippen molar-refractivity contribution in [2.75, 3.05) is 42.9 Å². The van der Waals surface area contributed by atoms with Crippen molar-refractivity contribution in [3.8, 4) is 11.3 Å². The average Bonchev–Trinajstić information content (AvgIpc) is 2.67. The SMILES string of the molecule is CCCNc1nc(-c2ccccc2)cc(N2CCN(C(C)=O)CC2)n1. The third kappa shape index (κ3) is 4.26. The maximum absolute atomic E-state index is 11.5. The van der Waals surface area contributed by atoms with Crippen LogP contribution in [0.2, 0.25) is 0 Å². The third-order valence-electron chi connectivity index (χ3n) is 4.36. The highest BCUT2D eigenvalue weighted by atomic mass is 16.2. The highest BCUT2D eigenvalue weighted by Gasteiger charge is 2.20. The van der Waals surface area contributed by atoms with E-state index in [0.717, 1.165) is 56.2 Å². The molecule has 1 N–H and O–H groups in total. The maximum atomic E-state index is 11.5. The van der Waals surface area contributed by atoms with Crippen LogP contribution in [0.25, 0.3) is 11.3 Å². The molecule has 1 aromatic carbocycles. The topological polar surface area (TPSA) is 61.4 Å². The van der Waals surface area contributed by atoms with Gasteiger partial charge >= 0.3 is 0 Å². The van der Waals surface area contributed by atoms with Crippen LogP contribution in [0, 0.1) is 0 Å². The second kappa shape index (κ2) is 7.96. The zero-order valence-electron chi connectivity index (χ0n) is 14.9. The summed E-state index contributed by atoms with van der Waals surface area (Å²) in [6, 6.07) is 12.2. The van der Waals surface area contributed by atoms with Crippen LogP contribution >= 0.6 is 0 Å². The second-order valence-corrected chi connectivity index (χ2v) is 6.22. The quantitative estimate of drug-likeness (QED) is 0.907. The number of nitrogens with zero attached hydrogens (tertiary/aromatic N) is 4. The standard InChI is InChI=1S/C19H25N5O/c1-3-9-20-19-21-17(16-7-5-4-6-8-16)14-18(22-19)24-12-10-23(11-13-24)15(2)25/h4-8,14H,3,9-13H2,1-2H3,(H,20,21,22). The predicted octanol–water partition coefficient (Wildman–Crippen LogP) is 2.63. The number of hydrogen-bond acceptors (Lipinski definition) is 5. The summed E-state index contributed by atoms with van der Waals surface area (Å²) in [5.41, 5.74) is 1.99. The molecule has 25 heavy (non-hydrogen) atoms. The lowest BCUT2D eigenvalue weighted by molar-refractivity contribution is -0.129. The van der Waals surface area contributed by atoms with Crippen LogP contribution in [-0.4, -0.2) is 53.5 Å². The number of benzene rings is 1. The Morgan fingerprint density at radius 2 is 1.84 bits per heavy atom. The van der Waals surface area contributed by atoms with E-state index in [4.69, 9.17) is 4.98 Å². The Bertz CT molecular complexity index is 711. The van der Waals surface area contributed by atoms with Crippen LogP contribution in [0.4, 0.5) is 11.8 Å². The van der Waals surface area contributed by atoms with Crippen LogP contribution in [0.1, 0.15) is 20.3 Å². The molecule has 0 aliphatic carbocycles. The molecule has 1 aliphatic heterocycles. The van der Waals surface area contributed by atoms with Crippen molar-refractivity contribution in [1.29, 1.82) is 0 Å². The summed E-state index contributed by atoms with van der Waals surface area (Å²) in [4.78, 5) is 25.0. The summed E-state index contributed by atoms with van der Waals surface area (Å²) in [5, 5.41) is 3.30. The monoisotopic (exact) mass is 339 g/mol. The number of carbonyl (C=O) groups is 1. The van der Waals surface area contributed by atoms with E-state index in [0.29, 0.717) is 5.95 Å². The van der Waals surface area contributed by atoms with Crippen molar-refractivity contribution in [3.63, 3.8) is 0 Å². The second-order valence-electron chi connectivity index (χ2n) is 6.22. The smallest absolute Gasteiger partial charge is 0.225 e. The molecule has 6 heteroatoms. The summed E-state index contributed by atoms with van der Waals surface area (Å²) in [7, 11) is 0. The molecular formula is C19H25N5O. The molecule has 0 unspecified atom stereocenters. The normalized spacial score (nSPS) is 14.5. The first kappa shape index (κ1) is 17.2. The number of hydrogen-bond donors (Lipinski definition) is 1. The van der Waals surface area contributed by atoms with E-state index >= 15 is 0 Å². The van der Waals surface area contributed by atoms with Gasteiger partial charge in [0.15, 0.2) is 0 Å². The van der Waals surface area contributed by atoms with Gasteiger partial charge < -0.3 is 15.1 Å². The minimum Gasteiger partial charge on any atom is -0.354 e. The molecule has 0 spiro atoms. The van der Waals surface area contributed by atoms with Crippen LogP contribution in [0.5, 0.6) is 0 Å². The maximum Gasteiger partial charge on any atom is 0.225 e. The van der Waals surface area contributed by atoms with Crippen molar-refractivity contribution < 1.29 is 4.79 Å². The Morgan fingerprint density at radius 1 is 1.12 bits per heavy atom. The third-order valence-corrected chi connectivity index (χ3v) is 4.36. The van der Waals surface area contributed by atoms with Crippen molar-refractivity contribution in [2.24, 2.45) is 0 Å². The Labute approximate surface area is 148 Å². The Morgan fingerprint density at radius 3 is 2.48 bits per heavy atom. The molecule has 1 amide bonds. The van der Waals surface area contributed by atoms with Crippen LogP contribution in [0.15, 0.2) is 36.4 Å². The number of amides is 1. The molecule has 6 nitrogen and oxygen atoms in total. The number of piperazine rings is 1. The summed E-state index contributed by atoms with van der Waals surface area (Å²) in [6.45, 7) is 7.64. The summed E-state index contributed by atoms with van der Waals surface area (Å²) >= 11 is 0. The van der Waals surface area contributed by atoms with Gasteiger partial charge in [0.25, 0.3) is 0 Å². The highest BCUT2D eigenvalue weighted by Crippen LogP contribution is 2.24. The first-order chi connectivity index (χ1) is 12.2. The molecule has 3 rings (SSSR count). The molecule has 0 atom stereocenters. The van der Waals surface area contributed by atoms with E-state index in [2.05, 4.69) is 34.3 Å². The molecule has 1 aliphatic rings. The van der Waals surface area contributed by atoms with Crippen LogP contribution in [0.3, 0.4) is 0 Å². The minimum atomic E-state index is 0.137. The lowest BCUT2D eigenvalue weighted by atomic mass is 10.1. The summed E-state index contributed by atoms with van der Waals surface area (Å²) in [5.74, 6) is 1.71. The zero-order chi connectivity index (χ0) is 17.6. The summed E-state index contributed by atoms with van der Waals surface area (Å²) in [6.07, 6.45) is 1.02. The Balaban J connectivity index is 1.86. The lowest BCUT2D eigenvalue weighted by Crippen LogP contribution is -2.48. The first-order valence-electron chi connectivity index (χ1n) is 8.86. The van der Waals surface area contributed by atoms with E-state index in [1.807, 2.05) is 29.2 Å². The number of nitrogens with one attached hydrogen (secondary N) is 1. The van der Waals surface area contributed by atoms with Gasteiger partial charge in [-0.05, 0) is 6.42 Å². The minimum absolute atomic E-state index is 0.137. The fraction of sp³-hybridized carbons (Fsp3) is 0.421. The highest BCUT2D eigenvalue weighted by molar-refractivity contribution is 5.73. The van der Waals surface area contributed by atoms with Gasteiger partial charge in [-0.1, -0.05) is 37.3 Å². The van der Waals surface area contributed by atoms with Gasteiger partial charge in [0.1, 0.15) is 5.82 Å². The number of anilines is 2. The van der Waals surface area contributed by atoms with Gasteiger partial charge in [-0.25, -0.2) is 4.98 Å². The van der Waals surface area contributed by atoms with Gasteiger partial charge in [-0.2, -0.15) is 4.98 Å².